The normalized spacial score (nSPS) is 10.7. The summed E-state index contributed by atoms with van der Waals surface area (Å²) < 4.78 is 0. The summed E-state index contributed by atoms with van der Waals surface area (Å²) >= 11 is 5.97. The van der Waals surface area contributed by atoms with E-state index in [2.05, 4.69) is 10.6 Å². The van der Waals surface area contributed by atoms with E-state index < -0.39 is 10.8 Å². The van der Waals surface area contributed by atoms with Crippen LogP contribution in [0.1, 0.15) is 5.56 Å². The summed E-state index contributed by atoms with van der Waals surface area (Å²) in [6.45, 7) is 0. The number of carbonyl (C=O) groups excluding carboxylic acids is 1. The van der Waals surface area contributed by atoms with Gasteiger partial charge in [0.1, 0.15) is 17.3 Å². The van der Waals surface area contributed by atoms with Crippen LogP contribution in [-0.2, 0) is 4.79 Å². The Morgan fingerprint density at radius 1 is 1.28 bits per heavy atom. The molecule has 2 rings (SSSR count). The lowest BCUT2D eigenvalue weighted by atomic mass is 10.1. The fraction of sp³-hybridized carbons (Fsp3) is 0.0588. The SMILES string of the molecule is CNc1ccc(/C=C(\C#N)C(=O)Nc2ccccc2Cl)cc1[N+](=O)[O-]. The molecule has 0 bridgehead atoms. The average molecular weight is 357 g/mol. The number of amides is 1. The van der Waals surface area contributed by atoms with E-state index in [1.807, 2.05) is 0 Å². The van der Waals surface area contributed by atoms with Crippen molar-refractivity contribution in [3.8, 4) is 6.07 Å². The maximum Gasteiger partial charge on any atom is 0.292 e. The van der Waals surface area contributed by atoms with Gasteiger partial charge in [-0.25, -0.2) is 0 Å². The van der Waals surface area contributed by atoms with Crippen LogP contribution in [0, 0.1) is 21.4 Å². The Bertz CT molecular complexity index is 903. The molecule has 126 valence electrons. The van der Waals surface area contributed by atoms with E-state index in [9.17, 15) is 20.2 Å². The van der Waals surface area contributed by atoms with E-state index in [4.69, 9.17) is 11.6 Å². The third-order valence-corrected chi connectivity index (χ3v) is 3.62. The Morgan fingerprint density at radius 3 is 2.60 bits per heavy atom. The van der Waals surface area contributed by atoms with Crippen LogP contribution in [0.2, 0.25) is 5.02 Å². The number of halogens is 1. The maximum absolute atomic E-state index is 12.2. The second kappa shape index (κ2) is 7.95. The molecule has 0 fully saturated rings. The van der Waals surface area contributed by atoms with Gasteiger partial charge in [-0.2, -0.15) is 5.26 Å². The standard InChI is InChI=1S/C17H13ClN4O3/c1-20-15-7-6-11(9-16(15)22(24)25)8-12(10-19)17(23)21-14-5-3-2-4-13(14)18/h2-9,20H,1H3,(H,21,23)/b12-8+. The van der Waals surface area contributed by atoms with Crippen molar-refractivity contribution in [2.75, 3.05) is 17.7 Å². The van der Waals surface area contributed by atoms with Crippen LogP contribution in [0.25, 0.3) is 6.08 Å². The van der Waals surface area contributed by atoms with Gasteiger partial charge < -0.3 is 10.6 Å². The molecule has 7 nitrogen and oxygen atoms in total. The molecular formula is C17H13ClN4O3. The molecule has 25 heavy (non-hydrogen) atoms. The molecule has 0 saturated heterocycles. The Hall–Kier alpha value is -3.37. The largest absolute Gasteiger partial charge is 0.383 e. The zero-order chi connectivity index (χ0) is 18.4. The van der Waals surface area contributed by atoms with Crippen molar-refractivity contribution in [1.29, 1.82) is 5.26 Å². The number of hydrogen-bond acceptors (Lipinski definition) is 5. The molecule has 2 aromatic carbocycles. The first-order valence-corrected chi connectivity index (χ1v) is 7.48. The second-order valence-electron chi connectivity index (χ2n) is 4.89. The van der Waals surface area contributed by atoms with Gasteiger partial charge in [0.25, 0.3) is 11.6 Å². The van der Waals surface area contributed by atoms with Gasteiger partial charge in [0.05, 0.1) is 15.6 Å². The molecule has 0 atom stereocenters. The van der Waals surface area contributed by atoms with Gasteiger partial charge in [-0.05, 0) is 29.8 Å². The van der Waals surface area contributed by atoms with Crippen molar-refractivity contribution in [2.24, 2.45) is 0 Å². The van der Waals surface area contributed by atoms with Crippen LogP contribution in [0.15, 0.2) is 48.0 Å². The van der Waals surface area contributed by atoms with Crippen molar-refractivity contribution < 1.29 is 9.72 Å². The third kappa shape index (κ3) is 4.34. The fourth-order valence-corrected chi connectivity index (χ4v) is 2.25. The highest BCUT2D eigenvalue weighted by atomic mass is 35.5. The van der Waals surface area contributed by atoms with Gasteiger partial charge in [0.2, 0.25) is 0 Å². The molecular weight excluding hydrogens is 344 g/mol. The first-order valence-electron chi connectivity index (χ1n) is 7.10. The smallest absolute Gasteiger partial charge is 0.292 e. The summed E-state index contributed by atoms with van der Waals surface area (Å²) in [6.07, 6.45) is 1.28. The van der Waals surface area contributed by atoms with E-state index in [0.29, 0.717) is 22.0 Å². The van der Waals surface area contributed by atoms with E-state index in [-0.39, 0.29) is 11.3 Å². The minimum atomic E-state index is -0.657. The van der Waals surface area contributed by atoms with Crippen LogP contribution < -0.4 is 10.6 Å². The second-order valence-corrected chi connectivity index (χ2v) is 5.29. The Kier molecular flexibility index (Phi) is 5.71. The quantitative estimate of drug-likeness (QED) is 0.366. The number of para-hydroxylation sites is 1. The van der Waals surface area contributed by atoms with E-state index in [1.54, 1.807) is 43.4 Å². The van der Waals surface area contributed by atoms with Crippen molar-refractivity contribution in [3.63, 3.8) is 0 Å². The van der Waals surface area contributed by atoms with E-state index in [0.717, 1.165) is 0 Å². The number of carbonyl (C=O) groups is 1. The molecule has 0 radical (unpaired) electrons. The lowest BCUT2D eigenvalue weighted by Crippen LogP contribution is -2.13. The number of hydrogen-bond donors (Lipinski definition) is 2. The van der Waals surface area contributed by atoms with E-state index in [1.165, 1.54) is 18.2 Å². The average Bonchev–Trinajstić information content (AvgIpc) is 2.61. The van der Waals surface area contributed by atoms with Gasteiger partial charge in [-0.1, -0.05) is 29.8 Å². The van der Waals surface area contributed by atoms with Crippen molar-refractivity contribution in [3.05, 3.63) is 68.7 Å². The van der Waals surface area contributed by atoms with Crippen molar-refractivity contribution >= 4 is 40.6 Å². The minimum Gasteiger partial charge on any atom is -0.383 e. The molecule has 0 spiro atoms. The highest BCUT2D eigenvalue weighted by Gasteiger charge is 2.15. The molecule has 2 aromatic rings. The first-order chi connectivity index (χ1) is 12.0. The number of anilines is 2. The summed E-state index contributed by atoms with van der Waals surface area (Å²) in [5.74, 6) is -0.657. The molecule has 0 aliphatic carbocycles. The number of rotatable bonds is 5. The third-order valence-electron chi connectivity index (χ3n) is 3.29. The van der Waals surface area contributed by atoms with Crippen molar-refractivity contribution in [1.82, 2.24) is 0 Å². The summed E-state index contributed by atoms with van der Waals surface area (Å²) in [5, 5.41) is 25.9. The zero-order valence-corrected chi connectivity index (χ0v) is 13.9. The summed E-state index contributed by atoms with van der Waals surface area (Å²) in [6, 6.07) is 12.7. The molecule has 0 saturated carbocycles. The molecule has 0 aliphatic rings. The van der Waals surface area contributed by atoms with Crippen LogP contribution in [0.3, 0.4) is 0 Å². The summed E-state index contributed by atoms with van der Waals surface area (Å²) in [5.41, 5.74) is 0.705. The number of nitriles is 1. The molecule has 8 heteroatoms. The Balaban J connectivity index is 2.33. The van der Waals surface area contributed by atoms with Crippen molar-refractivity contribution in [2.45, 2.75) is 0 Å². The monoisotopic (exact) mass is 356 g/mol. The predicted octanol–water partition coefficient (Wildman–Crippen LogP) is 3.84. The number of nitro benzene ring substituents is 1. The maximum atomic E-state index is 12.2. The Morgan fingerprint density at radius 2 is 2.00 bits per heavy atom. The lowest BCUT2D eigenvalue weighted by molar-refractivity contribution is -0.384. The lowest BCUT2D eigenvalue weighted by Gasteiger charge is -2.06. The molecule has 0 unspecified atom stereocenters. The molecule has 0 aromatic heterocycles. The van der Waals surface area contributed by atoms with Gasteiger partial charge in [0, 0.05) is 13.1 Å². The summed E-state index contributed by atoms with van der Waals surface area (Å²) in [7, 11) is 1.57. The topological polar surface area (TPSA) is 108 Å². The van der Waals surface area contributed by atoms with Crippen LogP contribution >= 0.6 is 11.6 Å². The highest BCUT2D eigenvalue weighted by molar-refractivity contribution is 6.34. The molecule has 2 N–H and O–H groups in total. The highest BCUT2D eigenvalue weighted by Crippen LogP contribution is 2.26. The van der Waals surface area contributed by atoms with Crippen LogP contribution in [0.4, 0.5) is 17.1 Å². The van der Waals surface area contributed by atoms with Gasteiger partial charge in [0.15, 0.2) is 0 Å². The molecule has 1 amide bonds. The Labute approximate surface area is 148 Å². The molecule has 0 aliphatic heterocycles. The number of nitro groups is 1. The predicted molar refractivity (Wildman–Crippen MR) is 96.3 cm³/mol. The van der Waals surface area contributed by atoms with Gasteiger partial charge in [-0.15, -0.1) is 0 Å². The summed E-state index contributed by atoms with van der Waals surface area (Å²) in [4.78, 5) is 22.8. The van der Waals surface area contributed by atoms with Gasteiger partial charge in [-0.3, -0.25) is 14.9 Å². The van der Waals surface area contributed by atoms with Crippen LogP contribution in [0.5, 0.6) is 0 Å². The van der Waals surface area contributed by atoms with E-state index >= 15 is 0 Å². The fourth-order valence-electron chi connectivity index (χ4n) is 2.07. The van der Waals surface area contributed by atoms with Crippen LogP contribution in [-0.4, -0.2) is 17.9 Å². The first kappa shape index (κ1) is 18.0. The van der Waals surface area contributed by atoms with Gasteiger partial charge >= 0.3 is 0 Å². The number of nitrogens with one attached hydrogen (secondary N) is 2. The zero-order valence-electron chi connectivity index (χ0n) is 13.1. The molecule has 0 heterocycles. The number of benzene rings is 2. The number of nitrogens with zero attached hydrogens (tertiary/aromatic N) is 2. The minimum absolute atomic E-state index is 0.153.